The van der Waals surface area contributed by atoms with E-state index >= 15 is 0 Å². The number of hydrogen-bond donors (Lipinski definition) is 2. The number of rotatable bonds is 4. The van der Waals surface area contributed by atoms with Gasteiger partial charge >= 0.3 is 0 Å². The summed E-state index contributed by atoms with van der Waals surface area (Å²) in [4.78, 5) is 4.64. The molecule has 1 aromatic carbocycles. The predicted molar refractivity (Wildman–Crippen MR) is 106 cm³/mol. The molecule has 0 radical (unpaired) electrons. The van der Waals surface area contributed by atoms with Crippen LogP contribution < -0.4 is 0 Å². The number of oxime groups is 1. The molecule has 1 saturated carbocycles. The monoisotopic (exact) mass is 376 g/mol. The van der Waals surface area contributed by atoms with E-state index in [2.05, 4.69) is 62.1 Å². The van der Waals surface area contributed by atoms with E-state index in [1.807, 2.05) is 11.6 Å². The minimum atomic E-state index is -0.314. The molecule has 1 unspecified atom stereocenters. The number of allylic oxidation sites excluding steroid dienone is 1. The summed E-state index contributed by atoms with van der Waals surface area (Å²) < 4.78 is 0. The van der Waals surface area contributed by atoms with E-state index in [1.165, 1.54) is 12.0 Å². The maximum Gasteiger partial charge on any atom is 0.117 e. The molecule has 2 heterocycles. The number of nitrogens with zero attached hydrogens (tertiary/aromatic N) is 3. The molecule has 0 amide bonds. The van der Waals surface area contributed by atoms with Gasteiger partial charge in [-0.2, -0.15) is 5.10 Å². The van der Waals surface area contributed by atoms with Crippen LogP contribution in [0.15, 0.2) is 52.5 Å². The zero-order chi connectivity index (χ0) is 18.3. The van der Waals surface area contributed by atoms with Gasteiger partial charge < -0.3 is 5.21 Å². The van der Waals surface area contributed by atoms with Crippen molar-refractivity contribution in [2.75, 3.05) is 0 Å². The van der Waals surface area contributed by atoms with Crippen LogP contribution in [0.2, 0.25) is 0 Å². The van der Waals surface area contributed by atoms with Gasteiger partial charge in [-0.1, -0.05) is 54.1 Å². The molecule has 2 N–H and O–H groups in total. The van der Waals surface area contributed by atoms with Gasteiger partial charge in [0.05, 0.1) is 16.6 Å². The SMILES string of the molecule is O/N=C(/c1n[nH]c2c1C=CC(c1ccccc1)(c1cscn1)C2)C1CCC1. The van der Waals surface area contributed by atoms with Gasteiger partial charge in [0.2, 0.25) is 0 Å². The molecule has 1 fully saturated rings. The summed E-state index contributed by atoms with van der Waals surface area (Å²) in [5, 5.41) is 23.0. The minimum absolute atomic E-state index is 0.314. The Labute approximate surface area is 161 Å². The van der Waals surface area contributed by atoms with Crippen LogP contribution in [-0.4, -0.2) is 26.1 Å². The van der Waals surface area contributed by atoms with Crippen molar-refractivity contribution >= 4 is 23.1 Å². The third-order valence-electron chi connectivity index (χ3n) is 5.89. The van der Waals surface area contributed by atoms with Gasteiger partial charge in [0.15, 0.2) is 0 Å². The van der Waals surface area contributed by atoms with Crippen molar-refractivity contribution in [1.82, 2.24) is 15.2 Å². The molecular weight excluding hydrogens is 356 g/mol. The third kappa shape index (κ3) is 2.55. The number of thiazole rings is 1. The zero-order valence-electron chi connectivity index (χ0n) is 14.8. The van der Waals surface area contributed by atoms with E-state index < -0.39 is 0 Å². The molecule has 0 aliphatic heterocycles. The molecule has 2 aliphatic rings. The molecule has 1 atom stereocenters. The number of nitrogens with one attached hydrogen (secondary N) is 1. The molecule has 2 aromatic heterocycles. The van der Waals surface area contributed by atoms with Crippen LogP contribution in [0.1, 0.15) is 47.5 Å². The Morgan fingerprint density at radius 3 is 2.78 bits per heavy atom. The van der Waals surface area contributed by atoms with Crippen LogP contribution in [-0.2, 0) is 11.8 Å². The molecule has 27 heavy (non-hydrogen) atoms. The van der Waals surface area contributed by atoms with Gasteiger partial charge in [-0.15, -0.1) is 11.3 Å². The number of aromatic nitrogens is 3. The fourth-order valence-corrected chi connectivity index (χ4v) is 4.79. The number of benzene rings is 1. The smallest absolute Gasteiger partial charge is 0.117 e. The Morgan fingerprint density at radius 1 is 1.26 bits per heavy atom. The lowest BCUT2D eigenvalue weighted by Crippen LogP contribution is -2.31. The topological polar surface area (TPSA) is 74.2 Å². The Bertz CT molecular complexity index is 1000. The highest BCUT2D eigenvalue weighted by molar-refractivity contribution is 7.07. The van der Waals surface area contributed by atoms with Gasteiger partial charge in [0.25, 0.3) is 0 Å². The molecule has 5 nitrogen and oxygen atoms in total. The fraction of sp³-hybridized carbons (Fsp3) is 0.286. The minimum Gasteiger partial charge on any atom is -0.411 e. The summed E-state index contributed by atoms with van der Waals surface area (Å²) in [6.07, 6.45) is 8.42. The standard InChI is InChI=1S/C21H20N4OS/c26-25-19(14-5-4-6-14)20-16-9-10-21(11-17(16)23-24-20,18-12-27-13-22-18)15-7-2-1-3-8-15/h1-3,7-10,12-14,26H,4-6,11H2,(H,23,24)/b25-19+. The third-order valence-corrected chi connectivity index (χ3v) is 6.48. The number of fused-ring (bicyclic) bond motifs is 1. The summed E-state index contributed by atoms with van der Waals surface area (Å²) in [6.45, 7) is 0. The second-order valence-electron chi connectivity index (χ2n) is 7.30. The Morgan fingerprint density at radius 2 is 2.11 bits per heavy atom. The van der Waals surface area contributed by atoms with Crippen LogP contribution in [0.4, 0.5) is 0 Å². The quantitative estimate of drug-likeness (QED) is 0.403. The van der Waals surface area contributed by atoms with Crippen LogP contribution in [0, 0.1) is 5.92 Å². The van der Waals surface area contributed by atoms with Gasteiger partial charge in [0.1, 0.15) is 11.4 Å². The van der Waals surface area contributed by atoms with Crippen LogP contribution in [0.25, 0.3) is 6.08 Å². The molecule has 0 bridgehead atoms. The van der Waals surface area contributed by atoms with E-state index in [9.17, 15) is 5.21 Å². The average Bonchev–Trinajstić information content (AvgIpc) is 3.35. The number of aromatic amines is 1. The first-order valence-electron chi connectivity index (χ1n) is 9.25. The van der Waals surface area contributed by atoms with Crippen molar-refractivity contribution in [3.63, 3.8) is 0 Å². The van der Waals surface area contributed by atoms with Crippen molar-refractivity contribution in [1.29, 1.82) is 0 Å². The number of H-pyrrole nitrogens is 1. The lowest BCUT2D eigenvalue weighted by Gasteiger charge is -2.32. The van der Waals surface area contributed by atoms with E-state index in [0.717, 1.165) is 41.9 Å². The van der Waals surface area contributed by atoms with Crippen molar-refractivity contribution in [2.24, 2.45) is 11.1 Å². The first-order valence-corrected chi connectivity index (χ1v) is 10.2. The lowest BCUT2D eigenvalue weighted by molar-refractivity contribution is 0.305. The highest BCUT2D eigenvalue weighted by atomic mass is 32.1. The van der Waals surface area contributed by atoms with Crippen molar-refractivity contribution in [3.05, 3.63) is 75.5 Å². The summed E-state index contributed by atoms with van der Waals surface area (Å²) in [7, 11) is 0. The summed E-state index contributed by atoms with van der Waals surface area (Å²) in [6, 6.07) is 10.5. The predicted octanol–water partition coefficient (Wildman–Crippen LogP) is 4.40. The van der Waals surface area contributed by atoms with Crippen LogP contribution in [0.5, 0.6) is 0 Å². The normalized spacial score (nSPS) is 22.4. The largest absolute Gasteiger partial charge is 0.411 e. The Balaban J connectivity index is 1.60. The van der Waals surface area contributed by atoms with Crippen molar-refractivity contribution in [2.45, 2.75) is 31.1 Å². The van der Waals surface area contributed by atoms with Crippen LogP contribution in [0.3, 0.4) is 0 Å². The average molecular weight is 376 g/mol. The van der Waals surface area contributed by atoms with Gasteiger partial charge in [-0.05, 0) is 18.4 Å². The maximum atomic E-state index is 9.57. The molecular formula is C21H20N4OS. The Hall–Kier alpha value is -2.73. The van der Waals surface area contributed by atoms with Crippen molar-refractivity contribution in [3.8, 4) is 0 Å². The maximum absolute atomic E-state index is 9.57. The molecule has 0 saturated heterocycles. The van der Waals surface area contributed by atoms with E-state index in [1.54, 1.807) is 11.3 Å². The molecule has 6 heteroatoms. The highest BCUT2D eigenvalue weighted by Crippen LogP contribution is 2.42. The van der Waals surface area contributed by atoms with Gasteiger partial charge in [-0.3, -0.25) is 5.10 Å². The molecule has 0 spiro atoms. The lowest BCUT2D eigenvalue weighted by atomic mass is 9.70. The Kier molecular flexibility index (Phi) is 3.93. The highest BCUT2D eigenvalue weighted by Gasteiger charge is 2.39. The second-order valence-corrected chi connectivity index (χ2v) is 8.02. The second kappa shape index (κ2) is 6.46. The van der Waals surface area contributed by atoms with E-state index in [4.69, 9.17) is 0 Å². The van der Waals surface area contributed by atoms with E-state index in [0.29, 0.717) is 11.6 Å². The van der Waals surface area contributed by atoms with Crippen molar-refractivity contribution < 1.29 is 5.21 Å². The summed E-state index contributed by atoms with van der Waals surface area (Å²) in [5.41, 5.74) is 7.43. The molecule has 3 aromatic rings. The first kappa shape index (κ1) is 16.4. The number of hydrogen-bond acceptors (Lipinski definition) is 5. The summed E-state index contributed by atoms with van der Waals surface area (Å²) in [5.74, 6) is 0.315. The summed E-state index contributed by atoms with van der Waals surface area (Å²) >= 11 is 1.61. The van der Waals surface area contributed by atoms with Gasteiger partial charge in [0, 0.05) is 29.0 Å². The molecule has 2 aliphatic carbocycles. The first-order chi connectivity index (χ1) is 13.3. The van der Waals surface area contributed by atoms with Crippen LogP contribution >= 0.6 is 11.3 Å². The zero-order valence-corrected chi connectivity index (χ0v) is 15.6. The van der Waals surface area contributed by atoms with E-state index in [-0.39, 0.29) is 5.41 Å². The molecule has 5 rings (SSSR count). The molecule has 136 valence electrons. The van der Waals surface area contributed by atoms with Gasteiger partial charge in [-0.25, -0.2) is 4.98 Å². The fourth-order valence-electron chi connectivity index (χ4n) is 4.15.